The number of nitrogens with zero attached hydrogens (tertiary/aromatic N) is 1. The predicted molar refractivity (Wildman–Crippen MR) is 323 cm³/mol. The van der Waals surface area contributed by atoms with E-state index in [1.54, 1.807) is 6.08 Å². The van der Waals surface area contributed by atoms with E-state index in [4.69, 9.17) is 9.05 Å². The lowest BCUT2D eigenvalue weighted by Gasteiger charge is -2.25. The molecule has 3 N–H and O–H groups in total. The summed E-state index contributed by atoms with van der Waals surface area (Å²) in [4.78, 5) is 23.3. The number of aliphatic hydroxyl groups excluding tert-OH is 1. The van der Waals surface area contributed by atoms with Gasteiger partial charge in [0.2, 0.25) is 5.91 Å². The minimum absolute atomic E-state index is 0.0523. The number of rotatable bonds is 57. The van der Waals surface area contributed by atoms with Gasteiger partial charge in [-0.2, -0.15) is 0 Å². The lowest BCUT2D eigenvalue weighted by molar-refractivity contribution is -0.870. The summed E-state index contributed by atoms with van der Waals surface area (Å²) in [6.45, 7) is 4.79. The van der Waals surface area contributed by atoms with Crippen molar-refractivity contribution in [2.24, 2.45) is 0 Å². The Bertz CT molecular complexity index is 1430. The second-order valence-corrected chi connectivity index (χ2v) is 23.9. The second kappa shape index (κ2) is 55.7. The Morgan fingerprint density at radius 3 is 1.18 bits per heavy atom. The Hall–Kier alpha value is -2.06. The number of unbranched alkanes of at least 4 members (excludes halogenated alkanes) is 34. The first-order chi connectivity index (χ1) is 36.0. The summed E-state index contributed by atoms with van der Waals surface area (Å²) in [5.41, 5.74) is 0. The van der Waals surface area contributed by atoms with Gasteiger partial charge in [0.25, 0.3) is 0 Å². The fourth-order valence-electron chi connectivity index (χ4n) is 8.96. The molecule has 3 unspecified atom stereocenters. The fraction of sp³-hybridized carbons (Fsp3) is 0.800. The summed E-state index contributed by atoms with van der Waals surface area (Å²) >= 11 is 0. The van der Waals surface area contributed by atoms with Crippen molar-refractivity contribution in [2.45, 2.75) is 296 Å². The Balaban J connectivity index is 4.12. The number of amides is 1. The summed E-state index contributed by atoms with van der Waals surface area (Å²) in [6, 6.07) is -0.872. The second-order valence-electron chi connectivity index (χ2n) is 22.4. The van der Waals surface area contributed by atoms with Crippen molar-refractivity contribution in [1.82, 2.24) is 5.32 Å². The third kappa shape index (κ3) is 57.6. The number of phosphoric ester groups is 1. The lowest BCUT2D eigenvalue weighted by Crippen LogP contribution is -2.45. The minimum atomic E-state index is -4.36. The topological polar surface area (TPSA) is 105 Å². The number of carbonyl (C=O) groups is 1. The SMILES string of the molecule is CCCCCCC/C=C\C/C=C\C/C=C\CCCCCCCCCCCCCCCCCCCCC(=O)NC(COP(=O)(O)OCC[N+](C)(C)C)C(O)/C=C/CC/C=C/CC/C=C/CCCCCCCCCCC. The molecule has 0 rings (SSSR count). The first-order valence-corrected chi connectivity index (χ1v) is 32.8. The number of nitrogens with one attached hydrogen (secondary N) is 1. The molecule has 0 bridgehead atoms. The van der Waals surface area contributed by atoms with E-state index in [9.17, 15) is 19.4 Å². The highest BCUT2D eigenvalue weighted by atomic mass is 31.2. The van der Waals surface area contributed by atoms with Crippen molar-refractivity contribution in [2.75, 3.05) is 40.9 Å². The molecule has 0 heterocycles. The average Bonchev–Trinajstić information content (AvgIpc) is 3.36. The molecule has 0 spiro atoms. The first kappa shape index (κ1) is 71.9. The maximum atomic E-state index is 13.0. The molecule has 0 aromatic heterocycles. The normalized spacial score (nSPS) is 14.3. The molecular formula is C65H122N2O6P+. The number of phosphoric acid groups is 1. The van der Waals surface area contributed by atoms with Crippen LogP contribution < -0.4 is 5.32 Å². The van der Waals surface area contributed by atoms with Gasteiger partial charge >= 0.3 is 7.82 Å². The molecule has 3 atom stereocenters. The molecule has 0 saturated carbocycles. The average molecular weight is 1060 g/mol. The highest BCUT2D eigenvalue weighted by molar-refractivity contribution is 7.47. The molecule has 0 radical (unpaired) electrons. The van der Waals surface area contributed by atoms with Crippen LogP contribution >= 0.6 is 7.82 Å². The minimum Gasteiger partial charge on any atom is -0.387 e. The molecule has 0 aliphatic heterocycles. The number of hydrogen-bond acceptors (Lipinski definition) is 5. The van der Waals surface area contributed by atoms with Gasteiger partial charge in [0, 0.05) is 6.42 Å². The van der Waals surface area contributed by atoms with Gasteiger partial charge in [0.15, 0.2) is 0 Å². The molecule has 0 fully saturated rings. The van der Waals surface area contributed by atoms with Crippen LogP contribution in [0.25, 0.3) is 0 Å². The van der Waals surface area contributed by atoms with E-state index in [1.807, 2.05) is 27.2 Å². The number of likely N-dealkylation sites (N-methyl/N-ethyl adjacent to an activating group) is 1. The molecule has 1 amide bonds. The van der Waals surface area contributed by atoms with Crippen molar-refractivity contribution < 1.29 is 32.9 Å². The van der Waals surface area contributed by atoms with Crippen LogP contribution in [0.5, 0.6) is 0 Å². The smallest absolute Gasteiger partial charge is 0.387 e. The van der Waals surface area contributed by atoms with Gasteiger partial charge in [-0.15, -0.1) is 0 Å². The molecule has 432 valence electrons. The summed E-state index contributed by atoms with van der Waals surface area (Å²) in [5.74, 6) is -0.189. The van der Waals surface area contributed by atoms with Crippen LogP contribution in [0.1, 0.15) is 284 Å². The molecule has 0 aromatic rings. The Morgan fingerprint density at radius 2 is 0.784 bits per heavy atom. The van der Waals surface area contributed by atoms with Gasteiger partial charge in [-0.3, -0.25) is 13.8 Å². The third-order valence-corrected chi connectivity index (χ3v) is 14.9. The van der Waals surface area contributed by atoms with Gasteiger partial charge in [-0.1, -0.05) is 267 Å². The standard InChI is InChI=1S/C65H121N2O6P/c1-6-8-10-12-14-16-18-20-22-24-26-27-28-29-30-31-32-33-34-35-36-37-38-39-41-43-45-47-49-51-53-55-57-59-65(69)66-63(62-73-74(70,71)72-61-60-67(3,4)5)64(68)58-56-54-52-50-48-46-44-42-40-25-23-21-19-17-15-13-11-9-7-2/h18,20,24,26,28-29,40,42,48,50,56,58,63-64,68H,6-17,19,21-23,25,27,30-39,41,43-47,49,51-55,57,59-62H2,1-5H3,(H-,66,69,70,71)/p+1/b20-18-,26-24-,29-28-,42-40+,50-48+,58-56+. The van der Waals surface area contributed by atoms with E-state index in [1.165, 1.54) is 205 Å². The predicted octanol–water partition coefficient (Wildman–Crippen LogP) is 19.4. The molecular weight excluding hydrogens is 936 g/mol. The number of carbonyl (C=O) groups excluding carboxylic acids is 1. The van der Waals surface area contributed by atoms with Crippen LogP contribution in [0.4, 0.5) is 0 Å². The van der Waals surface area contributed by atoms with Gasteiger partial charge in [0.1, 0.15) is 13.2 Å². The molecule has 8 nitrogen and oxygen atoms in total. The van der Waals surface area contributed by atoms with Crippen molar-refractivity contribution in [3.8, 4) is 0 Å². The maximum absolute atomic E-state index is 13.0. The lowest BCUT2D eigenvalue weighted by atomic mass is 10.0. The van der Waals surface area contributed by atoms with Crippen LogP contribution in [0, 0.1) is 0 Å². The molecule has 0 aliphatic rings. The Labute approximate surface area is 459 Å². The zero-order chi connectivity index (χ0) is 54.2. The molecule has 74 heavy (non-hydrogen) atoms. The van der Waals surface area contributed by atoms with Crippen LogP contribution in [-0.4, -0.2) is 73.4 Å². The van der Waals surface area contributed by atoms with Crippen LogP contribution in [0.3, 0.4) is 0 Å². The highest BCUT2D eigenvalue weighted by Gasteiger charge is 2.27. The number of aliphatic hydroxyl groups is 1. The highest BCUT2D eigenvalue weighted by Crippen LogP contribution is 2.43. The van der Waals surface area contributed by atoms with E-state index in [0.29, 0.717) is 17.4 Å². The van der Waals surface area contributed by atoms with E-state index in [2.05, 4.69) is 79.9 Å². The Morgan fingerprint density at radius 1 is 0.459 bits per heavy atom. The number of quaternary nitrogens is 1. The van der Waals surface area contributed by atoms with Crippen LogP contribution in [0.15, 0.2) is 72.9 Å². The summed E-state index contributed by atoms with van der Waals surface area (Å²) in [7, 11) is 1.55. The van der Waals surface area contributed by atoms with Crippen LogP contribution in [-0.2, 0) is 18.4 Å². The zero-order valence-electron chi connectivity index (χ0n) is 49.3. The fourth-order valence-corrected chi connectivity index (χ4v) is 9.70. The molecule has 9 heteroatoms. The van der Waals surface area contributed by atoms with Crippen molar-refractivity contribution in [3.63, 3.8) is 0 Å². The van der Waals surface area contributed by atoms with Gasteiger partial charge in [0.05, 0.1) is 39.9 Å². The number of allylic oxidation sites excluding steroid dienone is 11. The summed E-state index contributed by atoms with van der Waals surface area (Å²) in [5, 5.41) is 13.9. The summed E-state index contributed by atoms with van der Waals surface area (Å²) < 4.78 is 23.7. The molecule has 0 saturated heterocycles. The summed E-state index contributed by atoms with van der Waals surface area (Å²) in [6.07, 6.45) is 77.4. The van der Waals surface area contributed by atoms with Crippen molar-refractivity contribution in [1.29, 1.82) is 0 Å². The van der Waals surface area contributed by atoms with Gasteiger partial charge < -0.3 is 19.8 Å². The number of hydrogen-bond donors (Lipinski definition) is 3. The monoisotopic (exact) mass is 1060 g/mol. The van der Waals surface area contributed by atoms with Crippen molar-refractivity contribution in [3.05, 3.63) is 72.9 Å². The zero-order valence-corrected chi connectivity index (χ0v) is 50.2. The Kier molecular flexibility index (Phi) is 54.1. The van der Waals surface area contributed by atoms with Crippen LogP contribution in [0.2, 0.25) is 0 Å². The van der Waals surface area contributed by atoms with Crippen molar-refractivity contribution >= 4 is 13.7 Å². The quantitative estimate of drug-likeness (QED) is 0.0243. The molecule has 0 aliphatic carbocycles. The van der Waals surface area contributed by atoms with E-state index in [-0.39, 0.29) is 19.1 Å². The van der Waals surface area contributed by atoms with E-state index < -0.39 is 20.0 Å². The maximum Gasteiger partial charge on any atom is 0.472 e. The van der Waals surface area contributed by atoms with Gasteiger partial charge in [-0.05, 0) is 83.5 Å². The first-order valence-electron chi connectivity index (χ1n) is 31.3. The van der Waals surface area contributed by atoms with E-state index >= 15 is 0 Å². The van der Waals surface area contributed by atoms with E-state index in [0.717, 1.165) is 57.8 Å². The third-order valence-electron chi connectivity index (χ3n) is 13.9. The largest absolute Gasteiger partial charge is 0.472 e. The molecule has 0 aromatic carbocycles. The van der Waals surface area contributed by atoms with Gasteiger partial charge in [-0.25, -0.2) is 4.57 Å².